The van der Waals surface area contributed by atoms with E-state index in [9.17, 15) is 13.2 Å². The Hall–Kier alpha value is -0.860. The van der Waals surface area contributed by atoms with E-state index in [2.05, 4.69) is 5.32 Å². The van der Waals surface area contributed by atoms with Crippen LogP contribution in [0, 0.1) is 0 Å². The summed E-state index contributed by atoms with van der Waals surface area (Å²) < 4.78 is 30.7. The summed E-state index contributed by atoms with van der Waals surface area (Å²) in [7, 11) is -0.124. The molecule has 1 atom stereocenters. The lowest BCUT2D eigenvalue weighted by Crippen LogP contribution is -2.49. The smallest absolute Gasteiger partial charge is 0.316 e. The number of urea groups is 1. The Balaban J connectivity index is 2.46. The predicted molar refractivity (Wildman–Crippen MR) is 67.9 cm³/mol. The number of nitrogens with zero attached hydrogens (tertiary/aromatic N) is 2. The molecule has 1 aliphatic rings. The fourth-order valence-corrected chi connectivity index (χ4v) is 3.24. The van der Waals surface area contributed by atoms with E-state index in [4.69, 9.17) is 4.74 Å². The van der Waals surface area contributed by atoms with Crippen LogP contribution >= 0.6 is 0 Å². The first-order chi connectivity index (χ1) is 8.34. The molecule has 1 heterocycles. The van der Waals surface area contributed by atoms with Crippen molar-refractivity contribution in [3.63, 3.8) is 0 Å². The van der Waals surface area contributed by atoms with E-state index in [1.807, 2.05) is 6.92 Å². The van der Waals surface area contributed by atoms with Crippen molar-refractivity contribution in [2.45, 2.75) is 13.0 Å². The van der Waals surface area contributed by atoms with Gasteiger partial charge < -0.3 is 15.0 Å². The summed E-state index contributed by atoms with van der Waals surface area (Å²) >= 11 is 0. The molecule has 1 unspecified atom stereocenters. The van der Waals surface area contributed by atoms with Gasteiger partial charge in [0.25, 0.3) is 0 Å². The second kappa shape index (κ2) is 6.35. The molecule has 0 bridgehead atoms. The van der Waals surface area contributed by atoms with Crippen molar-refractivity contribution >= 4 is 16.1 Å². The van der Waals surface area contributed by atoms with Gasteiger partial charge in [-0.25, -0.2) is 13.2 Å². The van der Waals surface area contributed by atoms with Gasteiger partial charge in [-0.05, 0) is 6.92 Å². The lowest BCUT2D eigenvalue weighted by molar-refractivity contribution is 0.0393. The maximum atomic E-state index is 12.1. The zero-order valence-electron chi connectivity index (χ0n) is 11.0. The number of amides is 2. The van der Waals surface area contributed by atoms with Gasteiger partial charge in [-0.1, -0.05) is 0 Å². The predicted octanol–water partition coefficient (Wildman–Crippen LogP) is -0.692. The molecule has 106 valence electrons. The molecular weight excluding hydrogens is 258 g/mol. The molecular formula is C10H21N3O4S. The van der Waals surface area contributed by atoms with E-state index >= 15 is 0 Å². The minimum absolute atomic E-state index is 0.0864. The van der Waals surface area contributed by atoms with Crippen molar-refractivity contribution in [3.8, 4) is 0 Å². The Kier molecular flexibility index (Phi) is 5.36. The fourth-order valence-electron chi connectivity index (χ4n) is 1.69. The van der Waals surface area contributed by atoms with Crippen LogP contribution in [0.2, 0.25) is 0 Å². The minimum Gasteiger partial charge on any atom is -0.378 e. The SMILES string of the molecule is CC1COCCN1S(=O)(=O)CCNC(=O)N(C)C. The van der Waals surface area contributed by atoms with Gasteiger partial charge in [0.2, 0.25) is 10.0 Å². The fraction of sp³-hybridized carbons (Fsp3) is 0.900. The maximum Gasteiger partial charge on any atom is 0.316 e. The van der Waals surface area contributed by atoms with Crippen LogP contribution < -0.4 is 5.32 Å². The molecule has 0 aromatic carbocycles. The van der Waals surface area contributed by atoms with Crippen molar-refractivity contribution in [2.24, 2.45) is 0 Å². The van der Waals surface area contributed by atoms with Gasteiger partial charge in [0.1, 0.15) is 0 Å². The minimum atomic E-state index is -3.33. The number of ether oxygens (including phenoxy) is 1. The monoisotopic (exact) mass is 279 g/mol. The third kappa shape index (κ3) is 4.11. The van der Waals surface area contributed by atoms with E-state index < -0.39 is 10.0 Å². The van der Waals surface area contributed by atoms with E-state index in [-0.39, 0.29) is 24.4 Å². The third-order valence-electron chi connectivity index (χ3n) is 2.71. The average Bonchev–Trinajstić information content (AvgIpc) is 2.28. The summed E-state index contributed by atoms with van der Waals surface area (Å²) in [4.78, 5) is 12.6. The lowest BCUT2D eigenvalue weighted by atomic mass is 10.3. The van der Waals surface area contributed by atoms with Crippen LogP contribution in [0.1, 0.15) is 6.92 Å². The summed E-state index contributed by atoms with van der Waals surface area (Å²) in [5.41, 5.74) is 0. The van der Waals surface area contributed by atoms with Crippen LogP contribution in [0.15, 0.2) is 0 Å². The number of morpholine rings is 1. The number of hydrogen-bond acceptors (Lipinski definition) is 4. The molecule has 0 radical (unpaired) electrons. The second-order valence-electron chi connectivity index (χ2n) is 4.48. The van der Waals surface area contributed by atoms with Crippen molar-refractivity contribution in [1.29, 1.82) is 0 Å². The molecule has 0 spiro atoms. The van der Waals surface area contributed by atoms with Gasteiger partial charge >= 0.3 is 6.03 Å². The third-order valence-corrected chi connectivity index (χ3v) is 4.68. The molecule has 0 aromatic heterocycles. The highest BCUT2D eigenvalue weighted by molar-refractivity contribution is 7.89. The van der Waals surface area contributed by atoms with Crippen molar-refractivity contribution in [1.82, 2.24) is 14.5 Å². The summed E-state index contributed by atoms with van der Waals surface area (Å²) in [6.45, 7) is 3.15. The number of carbonyl (C=O) groups excluding carboxylic acids is 1. The van der Waals surface area contributed by atoms with Crippen LogP contribution in [0.3, 0.4) is 0 Å². The highest BCUT2D eigenvalue weighted by Gasteiger charge is 2.29. The molecule has 0 aliphatic carbocycles. The zero-order valence-corrected chi connectivity index (χ0v) is 11.9. The van der Waals surface area contributed by atoms with E-state index in [0.29, 0.717) is 19.8 Å². The van der Waals surface area contributed by atoms with Crippen molar-refractivity contribution in [2.75, 3.05) is 46.2 Å². The highest BCUT2D eigenvalue weighted by atomic mass is 32.2. The molecule has 0 saturated carbocycles. The molecule has 1 rings (SSSR count). The normalized spacial score (nSPS) is 21.6. The summed E-state index contributed by atoms with van der Waals surface area (Å²) in [6, 6.07) is -0.437. The molecule has 0 aromatic rings. The van der Waals surface area contributed by atoms with Crippen LogP contribution in [-0.4, -0.2) is 75.8 Å². The van der Waals surface area contributed by atoms with Gasteiger partial charge in [-0.3, -0.25) is 0 Å². The molecule has 1 fully saturated rings. The standard InChI is InChI=1S/C10H21N3O4S/c1-9-8-17-6-5-13(9)18(15,16)7-4-11-10(14)12(2)3/h9H,4-8H2,1-3H3,(H,11,14). The molecule has 18 heavy (non-hydrogen) atoms. The van der Waals surface area contributed by atoms with Crippen LogP contribution in [-0.2, 0) is 14.8 Å². The number of sulfonamides is 1. The molecule has 1 aliphatic heterocycles. The lowest BCUT2D eigenvalue weighted by Gasteiger charge is -2.32. The van der Waals surface area contributed by atoms with Gasteiger partial charge in [0, 0.05) is 33.2 Å². The van der Waals surface area contributed by atoms with E-state index in [0.717, 1.165) is 0 Å². The number of carbonyl (C=O) groups is 1. The Bertz CT molecular complexity index is 383. The Morgan fingerprint density at radius 2 is 2.17 bits per heavy atom. The van der Waals surface area contributed by atoms with Crippen molar-refractivity contribution < 1.29 is 17.9 Å². The maximum absolute atomic E-state index is 12.1. The van der Waals surface area contributed by atoms with E-state index in [1.165, 1.54) is 9.21 Å². The largest absolute Gasteiger partial charge is 0.378 e. The molecule has 1 saturated heterocycles. The summed E-state index contributed by atoms with van der Waals surface area (Å²) in [5.74, 6) is -0.0864. The Labute approximate surface area is 108 Å². The second-order valence-corrected chi connectivity index (χ2v) is 6.52. The average molecular weight is 279 g/mol. The summed E-state index contributed by atoms with van der Waals surface area (Å²) in [5, 5.41) is 2.54. The van der Waals surface area contributed by atoms with Crippen LogP contribution in [0.25, 0.3) is 0 Å². The van der Waals surface area contributed by atoms with Gasteiger partial charge in [0.15, 0.2) is 0 Å². The highest BCUT2D eigenvalue weighted by Crippen LogP contribution is 2.11. The van der Waals surface area contributed by atoms with Crippen molar-refractivity contribution in [3.05, 3.63) is 0 Å². The van der Waals surface area contributed by atoms with Gasteiger partial charge in [-0.15, -0.1) is 0 Å². The van der Waals surface area contributed by atoms with Gasteiger partial charge in [0.05, 0.1) is 19.0 Å². The Morgan fingerprint density at radius 3 is 2.72 bits per heavy atom. The van der Waals surface area contributed by atoms with Gasteiger partial charge in [-0.2, -0.15) is 4.31 Å². The first-order valence-electron chi connectivity index (χ1n) is 5.87. The molecule has 8 heteroatoms. The van der Waals surface area contributed by atoms with Crippen LogP contribution in [0.5, 0.6) is 0 Å². The number of rotatable bonds is 4. The first-order valence-corrected chi connectivity index (χ1v) is 7.48. The molecule has 7 nitrogen and oxygen atoms in total. The summed E-state index contributed by atoms with van der Waals surface area (Å²) in [6.07, 6.45) is 0. The molecule has 2 amide bonds. The van der Waals surface area contributed by atoms with Crippen LogP contribution in [0.4, 0.5) is 4.79 Å². The first kappa shape index (κ1) is 15.2. The van der Waals surface area contributed by atoms with E-state index in [1.54, 1.807) is 14.1 Å². The Morgan fingerprint density at radius 1 is 1.50 bits per heavy atom. The quantitative estimate of drug-likeness (QED) is 0.738. The number of nitrogens with one attached hydrogen (secondary N) is 1. The number of hydrogen-bond donors (Lipinski definition) is 1. The zero-order chi connectivity index (χ0) is 13.8. The molecule has 1 N–H and O–H groups in total. The topological polar surface area (TPSA) is 79.0 Å².